The van der Waals surface area contributed by atoms with Crippen molar-refractivity contribution in [1.29, 1.82) is 0 Å². The molecule has 0 aromatic carbocycles. The fourth-order valence-corrected chi connectivity index (χ4v) is 0.995. The lowest BCUT2D eigenvalue weighted by Crippen LogP contribution is -2.30. The van der Waals surface area contributed by atoms with E-state index in [0.717, 1.165) is 0 Å². The van der Waals surface area contributed by atoms with E-state index in [1.807, 2.05) is 0 Å². The molecule has 1 heterocycles. The molecule has 14 heavy (non-hydrogen) atoms. The quantitative estimate of drug-likeness (QED) is 0.646. The van der Waals surface area contributed by atoms with Gasteiger partial charge in [-0.3, -0.25) is 4.79 Å². The van der Waals surface area contributed by atoms with E-state index < -0.39 is 24.0 Å². The number of hydrogen-bond donors (Lipinski definition) is 0. The normalized spacial score (nSPS) is 21.9. The Labute approximate surface area is 79.2 Å². The van der Waals surface area contributed by atoms with Gasteiger partial charge in [0.05, 0.1) is 0 Å². The molecule has 0 saturated carbocycles. The highest BCUT2D eigenvalue weighted by atomic mass is 19.3. The van der Waals surface area contributed by atoms with Crippen LogP contribution in [0.2, 0.25) is 0 Å². The smallest absolute Gasteiger partial charge is 0.376 e. The third kappa shape index (κ3) is 2.93. The van der Waals surface area contributed by atoms with Gasteiger partial charge in [0.2, 0.25) is 0 Å². The van der Waals surface area contributed by atoms with Gasteiger partial charge in [-0.1, -0.05) is 0 Å². The molecule has 1 aliphatic heterocycles. The SMILES string of the molecule is CC(F)(F)C(=O)OCC1CCC(=O)O1. The molecule has 1 unspecified atom stereocenters. The van der Waals surface area contributed by atoms with Gasteiger partial charge in [-0.2, -0.15) is 8.78 Å². The molecule has 1 atom stereocenters. The molecule has 0 amide bonds. The Bertz CT molecular complexity index is 246. The molecule has 0 aromatic rings. The highest BCUT2D eigenvalue weighted by Crippen LogP contribution is 2.17. The fraction of sp³-hybridized carbons (Fsp3) is 0.750. The Morgan fingerprint density at radius 3 is 2.79 bits per heavy atom. The van der Waals surface area contributed by atoms with Crippen LogP contribution in [-0.2, 0) is 19.1 Å². The molecule has 1 rings (SSSR count). The summed E-state index contributed by atoms with van der Waals surface area (Å²) in [5, 5.41) is 0. The first-order valence-corrected chi connectivity index (χ1v) is 4.14. The zero-order chi connectivity index (χ0) is 10.8. The first-order chi connectivity index (χ1) is 6.39. The van der Waals surface area contributed by atoms with Crippen molar-refractivity contribution in [3.63, 3.8) is 0 Å². The average molecular weight is 208 g/mol. The average Bonchev–Trinajstić information content (AvgIpc) is 2.45. The van der Waals surface area contributed by atoms with E-state index in [2.05, 4.69) is 9.47 Å². The van der Waals surface area contributed by atoms with Crippen molar-refractivity contribution in [2.45, 2.75) is 31.8 Å². The van der Waals surface area contributed by atoms with Crippen LogP contribution in [0.1, 0.15) is 19.8 Å². The summed E-state index contributed by atoms with van der Waals surface area (Å²) < 4.78 is 33.5. The number of halogens is 2. The van der Waals surface area contributed by atoms with Gasteiger partial charge in [0, 0.05) is 13.3 Å². The van der Waals surface area contributed by atoms with Crippen molar-refractivity contribution in [3.8, 4) is 0 Å². The van der Waals surface area contributed by atoms with E-state index in [1.165, 1.54) is 0 Å². The van der Waals surface area contributed by atoms with E-state index in [0.29, 0.717) is 13.3 Å². The van der Waals surface area contributed by atoms with Gasteiger partial charge in [0.25, 0.3) is 0 Å². The van der Waals surface area contributed by atoms with E-state index in [-0.39, 0.29) is 13.0 Å². The summed E-state index contributed by atoms with van der Waals surface area (Å²) in [6.07, 6.45) is 0.0698. The van der Waals surface area contributed by atoms with Gasteiger partial charge in [0.15, 0.2) is 0 Å². The molecule has 1 fully saturated rings. The third-order valence-electron chi connectivity index (χ3n) is 1.73. The lowest BCUT2D eigenvalue weighted by molar-refractivity contribution is -0.173. The van der Waals surface area contributed by atoms with Crippen LogP contribution in [0.4, 0.5) is 8.78 Å². The summed E-state index contributed by atoms with van der Waals surface area (Å²) in [5.41, 5.74) is 0. The first-order valence-electron chi connectivity index (χ1n) is 4.14. The summed E-state index contributed by atoms with van der Waals surface area (Å²) in [6.45, 7) is 0.157. The van der Waals surface area contributed by atoms with Crippen molar-refractivity contribution >= 4 is 11.9 Å². The molecule has 0 spiro atoms. The fourth-order valence-electron chi connectivity index (χ4n) is 0.995. The zero-order valence-electron chi connectivity index (χ0n) is 7.59. The predicted molar refractivity (Wildman–Crippen MR) is 40.7 cm³/mol. The second-order valence-corrected chi connectivity index (χ2v) is 3.14. The molecule has 4 nitrogen and oxygen atoms in total. The lowest BCUT2D eigenvalue weighted by Gasteiger charge is -2.12. The number of alkyl halides is 2. The van der Waals surface area contributed by atoms with Crippen molar-refractivity contribution in [3.05, 3.63) is 0 Å². The molecule has 0 bridgehead atoms. The van der Waals surface area contributed by atoms with Gasteiger partial charge >= 0.3 is 17.9 Å². The largest absolute Gasteiger partial charge is 0.459 e. The minimum atomic E-state index is -3.50. The van der Waals surface area contributed by atoms with E-state index in [1.54, 1.807) is 0 Å². The number of esters is 2. The number of cyclic esters (lactones) is 1. The van der Waals surface area contributed by atoms with Crippen LogP contribution < -0.4 is 0 Å². The minimum Gasteiger partial charge on any atom is -0.459 e. The van der Waals surface area contributed by atoms with Crippen molar-refractivity contribution in [1.82, 2.24) is 0 Å². The van der Waals surface area contributed by atoms with Crippen molar-refractivity contribution in [2.75, 3.05) is 6.61 Å². The first kappa shape index (κ1) is 10.9. The standard InChI is InChI=1S/C8H10F2O4/c1-8(9,10)7(12)13-4-5-2-3-6(11)14-5/h5H,2-4H2,1H3. The van der Waals surface area contributed by atoms with Crippen molar-refractivity contribution < 1.29 is 27.8 Å². The molecular weight excluding hydrogens is 198 g/mol. The summed E-state index contributed by atoms with van der Waals surface area (Å²) in [7, 11) is 0. The second kappa shape index (κ2) is 3.89. The summed E-state index contributed by atoms with van der Waals surface area (Å²) >= 11 is 0. The monoisotopic (exact) mass is 208 g/mol. The predicted octanol–water partition coefficient (Wildman–Crippen LogP) is 0.890. The molecule has 1 aliphatic rings. The number of carbonyl (C=O) groups excluding carboxylic acids is 2. The van der Waals surface area contributed by atoms with E-state index in [9.17, 15) is 18.4 Å². The highest BCUT2D eigenvalue weighted by molar-refractivity contribution is 5.77. The molecular formula is C8H10F2O4. The topological polar surface area (TPSA) is 52.6 Å². The maximum absolute atomic E-state index is 12.3. The Hall–Kier alpha value is -1.20. The zero-order valence-corrected chi connectivity index (χ0v) is 7.59. The Kier molecular flexibility index (Phi) is 3.03. The van der Waals surface area contributed by atoms with Gasteiger partial charge in [-0.05, 0) is 6.42 Å². The van der Waals surface area contributed by atoms with Crippen LogP contribution in [-0.4, -0.2) is 30.6 Å². The number of rotatable bonds is 3. The molecule has 1 saturated heterocycles. The van der Waals surface area contributed by atoms with Crippen LogP contribution in [0.5, 0.6) is 0 Å². The van der Waals surface area contributed by atoms with E-state index in [4.69, 9.17) is 0 Å². The Morgan fingerprint density at radius 1 is 1.71 bits per heavy atom. The van der Waals surface area contributed by atoms with Crippen molar-refractivity contribution in [2.24, 2.45) is 0 Å². The number of ether oxygens (including phenoxy) is 2. The summed E-state index contributed by atoms with van der Waals surface area (Å²) in [5.74, 6) is -5.49. The number of carbonyl (C=O) groups is 2. The molecule has 0 radical (unpaired) electrons. The van der Waals surface area contributed by atoms with Crippen LogP contribution >= 0.6 is 0 Å². The Balaban J connectivity index is 2.28. The molecule has 80 valence electrons. The van der Waals surface area contributed by atoms with Crippen LogP contribution in [0.25, 0.3) is 0 Å². The van der Waals surface area contributed by atoms with Gasteiger partial charge in [-0.25, -0.2) is 4.79 Å². The minimum absolute atomic E-state index is 0.241. The maximum Gasteiger partial charge on any atom is 0.376 e. The highest BCUT2D eigenvalue weighted by Gasteiger charge is 2.35. The lowest BCUT2D eigenvalue weighted by atomic mass is 10.2. The third-order valence-corrected chi connectivity index (χ3v) is 1.73. The number of hydrogen-bond acceptors (Lipinski definition) is 4. The molecule has 0 N–H and O–H groups in total. The maximum atomic E-state index is 12.3. The van der Waals surface area contributed by atoms with Gasteiger partial charge in [0.1, 0.15) is 12.7 Å². The summed E-state index contributed by atoms with van der Waals surface area (Å²) in [6, 6.07) is 0. The van der Waals surface area contributed by atoms with E-state index >= 15 is 0 Å². The summed E-state index contributed by atoms with van der Waals surface area (Å²) in [4.78, 5) is 21.2. The molecule has 0 aromatic heterocycles. The van der Waals surface area contributed by atoms with Crippen LogP contribution in [0.3, 0.4) is 0 Å². The van der Waals surface area contributed by atoms with Gasteiger partial charge in [-0.15, -0.1) is 0 Å². The van der Waals surface area contributed by atoms with Crippen LogP contribution in [0.15, 0.2) is 0 Å². The molecule has 6 heteroatoms. The molecule has 0 aliphatic carbocycles. The second-order valence-electron chi connectivity index (χ2n) is 3.14. The Morgan fingerprint density at radius 2 is 2.36 bits per heavy atom. The van der Waals surface area contributed by atoms with Gasteiger partial charge < -0.3 is 9.47 Å². The van der Waals surface area contributed by atoms with Crippen LogP contribution in [0, 0.1) is 0 Å².